The van der Waals surface area contributed by atoms with Gasteiger partial charge in [0.25, 0.3) is 0 Å². The van der Waals surface area contributed by atoms with E-state index < -0.39 is 21.7 Å². The fourth-order valence-corrected chi connectivity index (χ4v) is 2.73. The van der Waals surface area contributed by atoms with Crippen LogP contribution in [0.4, 0.5) is 11.4 Å². The van der Waals surface area contributed by atoms with Crippen molar-refractivity contribution in [3.8, 4) is 11.5 Å². The average molecular weight is 316 g/mol. The number of fused-ring (bicyclic) bond motifs is 1. The van der Waals surface area contributed by atoms with Crippen molar-refractivity contribution in [1.82, 2.24) is 0 Å². The van der Waals surface area contributed by atoms with Crippen molar-refractivity contribution in [2.45, 2.75) is 6.92 Å². The summed E-state index contributed by atoms with van der Waals surface area (Å²) in [6.07, 6.45) is 0. The van der Waals surface area contributed by atoms with E-state index in [4.69, 9.17) is 15.2 Å². The Morgan fingerprint density at radius 3 is 2.57 bits per heavy atom. The van der Waals surface area contributed by atoms with Crippen molar-refractivity contribution in [3.63, 3.8) is 0 Å². The minimum atomic E-state index is -3.91. The number of anilines is 2. The van der Waals surface area contributed by atoms with E-state index in [1.165, 1.54) is 12.1 Å². The molecule has 1 aromatic carbocycles. The zero-order chi connectivity index (χ0) is 15.5. The molecule has 1 aliphatic rings. The Balaban J connectivity index is 2.17. The lowest BCUT2D eigenvalue weighted by Gasteiger charge is -2.20. The molecule has 0 aromatic heterocycles. The van der Waals surface area contributed by atoms with Crippen LogP contribution in [0.5, 0.6) is 11.5 Å². The van der Waals surface area contributed by atoms with Crippen molar-refractivity contribution in [2.75, 3.05) is 36.0 Å². The Hall–Kier alpha value is -2.16. The number of nitrogens with two attached hydrogens (primary N) is 1. The zero-order valence-corrected chi connectivity index (χ0v) is 12.2. The number of ether oxygens (including phenoxy) is 3. The summed E-state index contributed by atoms with van der Waals surface area (Å²) < 4.78 is 41.2. The summed E-state index contributed by atoms with van der Waals surface area (Å²) in [5.74, 6) is -0.771. The lowest BCUT2D eigenvalue weighted by Crippen LogP contribution is -2.25. The van der Waals surface area contributed by atoms with Crippen molar-refractivity contribution >= 4 is 27.4 Å². The van der Waals surface area contributed by atoms with Gasteiger partial charge < -0.3 is 19.9 Å². The van der Waals surface area contributed by atoms with E-state index in [1.807, 2.05) is 0 Å². The number of hydrogen-bond acceptors (Lipinski definition) is 7. The molecule has 0 saturated carbocycles. The second-order valence-corrected chi connectivity index (χ2v) is 5.97. The summed E-state index contributed by atoms with van der Waals surface area (Å²) in [5, 5.41) is 0. The molecule has 0 unspecified atom stereocenters. The van der Waals surface area contributed by atoms with Gasteiger partial charge in [0.15, 0.2) is 17.3 Å². The summed E-state index contributed by atoms with van der Waals surface area (Å²) in [7, 11) is -3.91. The summed E-state index contributed by atoms with van der Waals surface area (Å²) >= 11 is 0. The first-order chi connectivity index (χ1) is 9.91. The smallest absolute Gasteiger partial charge is 0.323 e. The molecule has 0 amide bonds. The van der Waals surface area contributed by atoms with Gasteiger partial charge in [-0.1, -0.05) is 0 Å². The largest absolute Gasteiger partial charge is 0.486 e. The second kappa shape index (κ2) is 6.08. The maximum Gasteiger partial charge on any atom is 0.323 e. The van der Waals surface area contributed by atoms with E-state index in [2.05, 4.69) is 9.46 Å². The molecule has 1 aliphatic heterocycles. The van der Waals surface area contributed by atoms with Gasteiger partial charge in [-0.05, 0) is 6.92 Å². The average Bonchev–Trinajstić information content (AvgIpc) is 2.38. The molecule has 2 rings (SSSR count). The molecular weight excluding hydrogens is 300 g/mol. The van der Waals surface area contributed by atoms with Crippen LogP contribution in [0.1, 0.15) is 6.92 Å². The van der Waals surface area contributed by atoms with Crippen LogP contribution in [0, 0.1) is 0 Å². The minimum absolute atomic E-state index is 0.112. The summed E-state index contributed by atoms with van der Waals surface area (Å²) in [6, 6.07) is 2.89. The third-order valence-electron chi connectivity index (χ3n) is 2.59. The minimum Gasteiger partial charge on any atom is -0.486 e. The van der Waals surface area contributed by atoms with Gasteiger partial charge in [0, 0.05) is 12.1 Å². The van der Waals surface area contributed by atoms with Crippen LogP contribution in [0.25, 0.3) is 0 Å². The van der Waals surface area contributed by atoms with Crippen LogP contribution in [-0.2, 0) is 19.6 Å². The van der Waals surface area contributed by atoms with Crippen LogP contribution < -0.4 is 19.9 Å². The van der Waals surface area contributed by atoms with Gasteiger partial charge in [0.1, 0.15) is 13.2 Å². The van der Waals surface area contributed by atoms with Crippen molar-refractivity contribution < 1.29 is 27.4 Å². The molecule has 21 heavy (non-hydrogen) atoms. The summed E-state index contributed by atoms with van der Waals surface area (Å²) in [6.45, 7) is 2.48. The Morgan fingerprint density at radius 2 is 1.95 bits per heavy atom. The fraction of sp³-hybridized carbons (Fsp3) is 0.417. The predicted octanol–water partition coefficient (Wildman–Crippen LogP) is 0.345. The van der Waals surface area contributed by atoms with Gasteiger partial charge in [0.2, 0.25) is 10.0 Å². The molecule has 0 atom stereocenters. The van der Waals surface area contributed by atoms with E-state index in [9.17, 15) is 13.2 Å². The quantitative estimate of drug-likeness (QED) is 0.594. The van der Waals surface area contributed by atoms with E-state index >= 15 is 0 Å². The molecule has 1 heterocycles. The topological polar surface area (TPSA) is 117 Å². The van der Waals surface area contributed by atoms with E-state index in [0.29, 0.717) is 24.7 Å². The molecule has 0 spiro atoms. The molecule has 9 heteroatoms. The lowest BCUT2D eigenvalue weighted by molar-refractivity contribution is -0.139. The van der Waals surface area contributed by atoms with Crippen LogP contribution in [0.2, 0.25) is 0 Å². The molecule has 116 valence electrons. The fourth-order valence-electron chi connectivity index (χ4n) is 1.75. The standard InChI is InChI=1S/C12H16N2O6S/c1-2-18-12(15)7-21(16,17)14-9-6-11-10(5-8(9)13)19-3-4-20-11/h5-6,14H,2-4,7,13H2,1H3. The number of hydrogen-bond donors (Lipinski definition) is 2. The molecule has 0 radical (unpaired) electrons. The third kappa shape index (κ3) is 3.91. The second-order valence-electron chi connectivity index (χ2n) is 4.25. The van der Waals surface area contributed by atoms with Crippen molar-refractivity contribution in [3.05, 3.63) is 12.1 Å². The van der Waals surface area contributed by atoms with Crippen molar-refractivity contribution in [2.24, 2.45) is 0 Å². The zero-order valence-electron chi connectivity index (χ0n) is 11.4. The Labute approximate surface area is 122 Å². The number of sulfonamides is 1. The van der Waals surface area contributed by atoms with E-state index in [-0.39, 0.29) is 18.0 Å². The maximum absolute atomic E-state index is 11.9. The van der Waals surface area contributed by atoms with E-state index in [1.54, 1.807) is 6.92 Å². The number of carbonyl (C=O) groups is 1. The maximum atomic E-state index is 11.9. The molecule has 0 aliphatic carbocycles. The highest BCUT2D eigenvalue weighted by Crippen LogP contribution is 2.37. The highest BCUT2D eigenvalue weighted by atomic mass is 32.2. The number of rotatable bonds is 5. The van der Waals surface area contributed by atoms with Gasteiger partial charge in [-0.3, -0.25) is 9.52 Å². The Morgan fingerprint density at radius 1 is 1.33 bits per heavy atom. The van der Waals surface area contributed by atoms with Crippen LogP contribution in [0.3, 0.4) is 0 Å². The van der Waals surface area contributed by atoms with Crippen LogP contribution in [-0.4, -0.2) is 40.0 Å². The first-order valence-electron chi connectivity index (χ1n) is 6.26. The number of benzene rings is 1. The monoisotopic (exact) mass is 316 g/mol. The van der Waals surface area contributed by atoms with Gasteiger partial charge >= 0.3 is 5.97 Å². The highest BCUT2D eigenvalue weighted by Gasteiger charge is 2.21. The summed E-state index contributed by atoms with van der Waals surface area (Å²) in [4.78, 5) is 11.2. The molecule has 1 aromatic rings. The highest BCUT2D eigenvalue weighted by molar-refractivity contribution is 7.93. The molecule has 0 saturated heterocycles. The van der Waals surface area contributed by atoms with Gasteiger partial charge in [-0.15, -0.1) is 0 Å². The summed E-state index contributed by atoms with van der Waals surface area (Å²) in [5.41, 5.74) is 6.06. The Bertz CT molecular complexity index is 643. The molecule has 0 bridgehead atoms. The van der Waals surface area contributed by atoms with Gasteiger partial charge in [0.05, 0.1) is 18.0 Å². The van der Waals surface area contributed by atoms with E-state index in [0.717, 1.165) is 0 Å². The molecule has 3 N–H and O–H groups in total. The van der Waals surface area contributed by atoms with Gasteiger partial charge in [-0.2, -0.15) is 0 Å². The lowest BCUT2D eigenvalue weighted by atomic mass is 10.2. The molecule has 8 nitrogen and oxygen atoms in total. The SMILES string of the molecule is CCOC(=O)CS(=O)(=O)Nc1cc2c(cc1N)OCCO2. The predicted molar refractivity (Wildman–Crippen MR) is 75.9 cm³/mol. The number of carbonyl (C=O) groups excluding carboxylic acids is 1. The number of nitrogen functional groups attached to an aromatic ring is 1. The number of nitrogens with one attached hydrogen (secondary N) is 1. The number of esters is 1. The van der Waals surface area contributed by atoms with Crippen molar-refractivity contribution in [1.29, 1.82) is 0 Å². The van der Waals surface area contributed by atoms with Crippen LogP contribution >= 0.6 is 0 Å². The molecular formula is C12H16N2O6S. The first kappa shape index (κ1) is 15.2. The van der Waals surface area contributed by atoms with Crippen LogP contribution in [0.15, 0.2) is 12.1 Å². The first-order valence-corrected chi connectivity index (χ1v) is 7.91. The normalized spacial score (nSPS) is 13.6. The molecule has 0 fully saturated rings. The Kier molecular flexibility index (Phi) is 4.41. The van der Waals surface area contributed by atoms with Gasteiger partial charge in [-0.25, -0.2) is 8.42 Å². The third-order valence-corrected chi connectivity index (χ3v) is 3.74.